The van der Waals surface area contributed by atoms with E-state index in [0.29, 0.717) is 0 Å². The zero-order valence-electron chi connectivity index (χ0n) is 13.3. The van der Waals surface area contributed by atoms with Gasteiger partial charge < -0.3 is 4.74 Å². The highest BCUT2D eigenvalue weighted by molar-refractivity contribution is 5.85. The van der Waals surface area contributed by atoms with Crippen molar-refractivity contribution in [3.05, 3.63) is 0 Å². The smallest absolute Gasteiger partial charge is 0.426 e. The quantitative estimate of drug-likeness (QED) is 0.746. The first kappa shape index (κ1) is 18.0. The third-order valence-electron chi connectivity index (χ3n) is 4.36. The predicted molar refractivity (Wildman–Crippen MR) is 71.4 cm³/mol. The molecule has 3 atom stereocenters. The van der Waals surface area contributed by atoms with Crippen molar-refractivity contribution in [3.63, 3.8) is 0 Å². The number of alkyl halides is 3. The molecule has 0 spiro atoms. The molecule has 0 aliphatic heterocycles. The maximum atomic E-state index is 13.0. The molecule has 0 N–H and O–H groups in total. The van der Waals surface area contributed by atoms with Gasteiger partial charge in [-0.25, -0.2) is 0 Å². The average molecular weight is 308 g/mol. The fourth-order valence-corrected chi connectivity index (χ4v) is 2.95. The monoisotopic (exact) mass is 308 g/mol. The van der Waals surface area contributed by atoms with Crippen molar-refractivity contribution in [2.45, 2.75) is 60.2 Å². The van der Waals surface area contributed by atoms with E-state index in [2.05, 4.69) is 0 Å². The van der Waals surface area contributed by atoms with E-state index in [4.69, 9.17) is 4.74 Å². The van der Waals surface area contributed by atoms with E-state index in [1.807, 2.05) is 0 Å². The number of carbonyl (C=O) groups is 2. The molecule has 0 aromatic rings. The van der Waals surface area contributed by atoms with Crippen LogP contribution in [0, 0.1) is 22.7 Å². The first-order valence-electron chi connectivity index (χ1n) is 6.96. The molecule has 0 amide bonds. The summed E-state index contributed by atoms with van der Waals surface area (Å²) >= 11 is 0. The van der Waals surface area contributed by atoms with Crippen LogP contribution in [-0.4, -0.2) is 24.0 Å². The number of Topliss-reactive ketones (excluding diaryl/α,β-unsaturated/α-hetero) is 1. The Balaban J connectivity index is 2.85. The third-order valence-corrected chi connectivity index (χ3v) is 4.36. The molecule has 1 rings (SSSR count). The maximum absolute atomic E-state index is 13.0. The molecular formula is C15H23F3O3. The number of rotatable bonds is 3. The molecule has 0 radical (unpaired) electrons. The highest BCUT2D eigenvalue weighted by Gasteiger charge is 2.57. The van der Waals surface area contributed by atoms with Crippen LogP contribution in [-0.2, 0) is 14.3 Å². The topological polar surface area (TPSA) is 43.4 Å². The highest BCUT2D eigenvalue weighted by atomic mass is 19.4. The zero-order chi connectivity index (χ0) is 16.8. The summed E-state index contributed by atoms with van der Waals surface area (Å²) in [4.78, 5) is 23.5. The molecule has 122 valence electrons. The summed E-state index contributed by atoms with van der Waals surface area (Å²) in [6.45, 7) is 9.00. The first-order valence-corrected chi connectivity index (χ1v) is 6.96. The van der Waals surface area contributed by atoms with Gasteiger partial charge in [-0.15, -0.1) is 0 Å². The summed E-state index contributed by atoms with van der Waals surface area (Å²) in [6.07, 6.45) is -6.50. The molecule has 0 aromatic heterocycles. The average Bonchev–Trinajstić information content (AvgIpc) is 2.20. The van der Waals surface area contributed by atoms with Crippen LogP contribution in [0.5, 0.6) is 0 Å². The van der Waals surface area contributed by atoms with E-state index < -0.39 is 35.0 Å². The van der Waals surface area contributed by atoms with Gasteiger partial charge in [-0.2, -0.15) is 13.2 Å². The Morgan fingerprint density at radius 1 is 1.14 bits per heavy atom. The van der Waals surface area contributed by atoms with Crippen molar-refractivity contribution in [2.75, 3.05) is 0 Å². The van der Waals surface area contributed by atoms with E-state index in [9.17, 15) is 22.8 Å². The number of hydrogen-bond acceptors (Lipinski definition) is 3. The molecule has 6 heteroatoms. The second kappa shape index (κ2) is 5.29. The Labute approximate surface area is 123 Å². The molecule has 1 aliphatic carbocycles. The standard InChI is InChI=1S/C15H23F3O3/c1-8(19)9-7-10(14(9,5)6)11(20)21-12(13(2,3)4)15(16,17)18/h9-10,12H,7H2,1-6H3/t9-,10+,12?/m0/s1. The maximum Gasteiger partial charge on any atom is 0.426 e. The third kappa shape index (κ3) is 3.58. The van der Waals surface area contributed by atoms with Crippen LogP contribution in [0.2, 0.25) is 0 Å². The summed E-state index contributed by atoms with van der Waals surface area (Å²) in [5.74, 6) is -1.88. The van der Waals surface area contributed by atoms with Crippen molar-refractivity contribution in [3.8, 4) is 0 Å². The molecular weight excluding hydrogens is 285 g/mol. The van der Waals surface area contributed by atoms with Crippen LogP contribution >= 0.6 is 0 Å². The molecule has 1 saturated carbocycles. The largest absolute Gasteiger partial charge is 0.452 e. The Morgan fingerprint density at radius 3 is 1.90 bits per heavy atom. The van der Waals surface area contributed by atoms with Gasteiger partial charge in [-0.3, -0.25) is 9.59 Å². The van der Waals surface area contributed by atoms with Crippen LogP contribution in [0.1, 0.15) is 48.0 Å². The fourth-order valence-electron chi connectivity index (χ4n) is 2.95. The fraction of sp³-hybridized carbons (Fsp3) is 0.867. The van der Waals surface area contributed by atoms with Crippen molar-refractivity contribution in [2.24, 2.45) is 22.7 Å². The van der Waals surface area contributed by atoms with Gasteiger partial charge in [-0.1, -0.05) is 34.6 Å². The van der Waals surface area contributed by atoms with Gasteiger partial charge in [0.05, 0.1) is 5.92 Å². The van der Waals surface area contributed by atoms with E-state index in [0.717, 1.165) is 0 Å². The lowest BCUT2D eigenvalue weighted by molar-refractivity contribution is -0.251. The second-order valence-electron chi connectivity index (χ2n) is 7.50. The number of ketones is 1. The van der Waals surface area contributed by atoms with Gasteiger partial charge in [0.2, 0.25) is 6.10 Å². The second-order valence-corrected chi connectivity index (χ2v) is 7.50. The molecule has 1 unspecified atom stereocenters. The van der Waals surface area contributed by atoms with Gasteiger partial charge in [0.15, 0.2) is 0 Å². The molecule has 0 saturated heterocycles. The predicted octanol–water partition coefficient (Wildman–Crippen LogP) is 3.76. The summed E-state index contributed by atoms with van der Waals surface area (Å²) in [6, 6.07) is 0. The minimum atomic E-state index is -4.61. The molecule has 1 aliphatic rings. The van der Waals surface area contributed by atoms with Crippen molar-refractivity contribution in [1.82, 2.24) is 0 Å². The lowest BCUT2D eigenvalue weighted by atomic mass is 9.53. The minimum Gasteiger partial charge on any atom is -0.452 e. The number of esters is 1. The molecule has 0 aromatic carbocycles. The van der Waals surface area contributed by atoms with Crippen LogP contribution in [0.3, 0.4) is 0 Å². The van der Waals surface area contributed by atoms with Crippen LogP contribution < -0.4 is 0 Å². The summed E-state index contributed by atoms with van der Waals surface area (Å²) in [5, 5.41) is 0. The van der Waals surface area contributed by atoms with Gasteiger partial charge in [0.25, 0.3) is 0 Å². The number of ether oxygens (including phenoxy) is 1. The molecule has 0 heterocycles. The van der Waals surface area contributed by atoms with E-state index >= 15 is 0 Å². The van der Waals surface area contributed by atoms with Crippen LogP contribution in [0.4, 0.5) is 13.2 Å². The first-order chi connectivity index (χ1) is 9.19. The number of hydrogen-bond donors (Lipinski definition) is 0. The van der Waals surface area contributed by atoms with Crippen molar-refractivity contribution in [1.29, 1.82) is 0 Å². The minimum absolute atomic E-state index is 0.0488. The summed E-state index contributed by atoms with van der Waals surface area (Å²) < 4.78 is 43.9. The number of halogens is 3. The SMILES string of the molecule is CC(=O)[C@@H]1C[C@H](C(=O)OC(C(C)(C)C)C(F)(F)F)C1(C)C. The van der Waals surface area contributed by atoms with Gasteiger partial charge in [0, 0.05) is 11.3 Å². The Bertz CT molecular complexity index is 418. The van der Waals surface area contributed by atoms with E-state index in [-0.39, 0.29) is 18.1 Å². The van der Waals surface area contributed by atoms with Gasteiger partial charge >= 0.3 is 12.1 Å². The normalized spacial score (nSPS) is 26.7. The lowest BCUT2D eigenvalue weighted by Crippen LogP contribution is -2.54. The summed E-state index contributed by atoms with van der Waals surface area (Å²) in [7, 11) is 0. The highest BCUT2D eigenvalue weighted by Crippen LogP contribution is 2.52. The Morgan fingerprint density at radius 2 is 1.62 bits per heavy atom. The van der Waals surface area contributed by atoms with Gasteiger partial charge in [-0.05, 0) is 18.8 Å². The molecule has 3 nitrogen and oxygen atoms in total. The van der Waals surface area contributed by atoms with Crippen LogP contribution in [0.15, 0.2) is 0 Å². The Kier molecular flexibility index (Phi) is 4.53. The van der Waals surface area contributed by atoms with E-state index in [1.54, 1.807) is 13.8 Å². The van der Waals surface area contributed by atoms with Crippen LogP contribution in [0.25, 0.3) is 0 Å². The van der Waals surface area contributed by atoms with Crippen molar-refractivity contribution < 1.29 is 27.5 Å². The van der Waals surface area contributed by atoms with Crippen molar-refractivity contribution >= 4 is 11.8 Å². The zero-order valence-corrected chi connectivity index (χ0v) is 13.3. The summed E-state index contributed by atoms with van der Waals surface area (Å²) in [5.41, 5.74) is -1.89. The molecule has 1 fully saturated rings. The molecule has 0 bridgehead atoms. The molecule has 21 heavy (non-hydrogen) atoms. The number of carbonyl (C=O) groups excluding carboxylic acids is 2. The van der Waals surface area contributed by atoms with E-state index in [1.165, 1.54) is 27.7 Å². The Hall–Kier alpha value is -1.07. The lowest BCUT2D eigenvalue weighted by Gasteiger charge is -2.49. The van der Waals surface area contributed by atoms with Gasteiger partial charge in [0.1, 0.15) is 5.78 Å².